The minimum atomic E-state index is -3.09. The molecule has 0 amide bonds. The number of hydrogen-bond donors (Lipinski definition) is 0. The first-order valence-electron chi connectivity index (χ1n) is 23.8. The fraction of sp³-hybridized carbons (Fsp3) is 0.267. The van der Waals surface area contributed by atoms with Gasteiger partial charge in [0.25, 0.3) is 0 Å². The fourth-order valence-electron chi connectivity index (χ4n) is 13.6. The number of hydrogen-bond acceptors (Lipinski definition) is 0. The first-order valence-corrected chi connectivity index (χ1v) is 30.1. The molecule has 2 atom stereocenters. The number of allylic oxidation sites excluding steroid dienone is 2. The molecule has 1 heterocycles. The average molecular weight is 937 g/mol. The Hall–Kier alpha value is -4.26. The summed E-state index contributed by atoms with van der Waals surface area (Å²) in [4.78, 5) is 0. The van der Waals surface area contributed by atoms with Gasteiger partial charge >= 0.3 is 368 Å². The monoisotopic (exact) mass is 934 g/mol. The Bertz CT molecular complexity index is 2820. The zero-order valence-electron chi connectivity index (χ0n) is 36.1. The second-order valence-corrected chi connectivity index (χ2v) is 30.9. The van der Waals surface area contributed by atoms with Crippen LogP contribution in [0.3, 0.4) is 0 Å². The third-order valence-electron chi connectivity index (χ3n) is 16.4. The summed E-state index contributed by atoms with van der Waals surface area (Å²) >= 11 is -3.09. The van der Waals surface area contributed by atoms with Crippen molar-refractivity contribution in [3.63, 3.8) is 0 Å². The summed E-state index contributed by atoms with van der Waals surface area (Å²) in [7, 11) is 0. The molecule has 2 saturated carbocycles. The summed E-state index contributed by atoms with van der Waals surface area (Å²) in [6.45, 7) is 0. The fourth-order valence-corrected chi connectivity index (χ4v) is 31.3. The van der Waals surface area contributed by atoms with Crippen LogP contribution >= 0.6 is 0 Å². The average Bonchev–Trinajstić information content (AvgIpc) is 3.84. The van der Waals surface area contributed by atoms with E-state index in [1.807, 2.05) is 11.1 Å². The van der Waals surface area contributed by atoms with Crippen molar-refractivity contribution >= 4 is 55.2 Å². The molecule has 5 aliphatic rings. The van der Waals surface area contributed by atoms with Crippen molar-refractivity contribution < 1.29 is 45.1 Å². The molecule has 0 N–H and O–H groups in total. The van der Waals surface area contributed by atoms with Gasteiger partial charge in [0.15, 0.2) is 0 Å². The predicted octanol–water partition coefficient (Wildman–Crippen LogP) is 11.4. The van der Waals surface area contributed by atoms with E-state index in [0.717, 1.165) is 0 Å². The van der Waals surface area contributed by atoms with Crippen LogP contribution in [0.2, 0.25) is 8.26 Å². The van der Waals surface area contributed by atoms with Crippen molar-refractivity contribution in [1.82, 2.24) is 0 Å². The van der Waals surface area contributed by atoms with Gasteiger partial charge in [-0.1, -0.05) is 0 Å². The molecule has 8 aromatic carbocycles. The van der Waals surface area contributed by atoms with E-state index in [1.54, 1.807) is 22.3 Å². The summed E-state index contributed by atoms with van der Waals surface area (Å²) in [5, 5.41) is 10.9. The van der Waals surface area contributed by atoms with Crippen molar-refractivity contribution in [1.29, 1.82) is 0 Å². The maximum Gasteiger partial charge on any atom is -1.00 e. The Labute approximate surface area is 390 Å². The van der Waals surface area contributed by atoms with E-state index in [9.17, 15) is 0 Å². The van der Waals surface area contributed by atoms with Crippen LogP contribution in [0.25, 0.3) is 77.5 Å². The molecule has 8 aromatic rings. The van der Waals surface area contributed by atoms with E-state index >= 15 is 0 Å². The van der Waals surface area contributed by atoms with E-state index in [4.69, 9.17) is 0 Å². The molecule has 0 nitrogen and oxygen atoms in total. The third kappa shape index (κ3) is 6.61. The van der Waals surface area contributed by atoms with Crippen LogP contribution in [0.5, 0.6) is 0 Å². The standard InChI is InChI=1S/2C29H25.C2H4.2ClH.Zr/c2*1-2-9-20(10-3-1)24-18-23-13-8-16-27(28(23)19-24)29-25-14-6-4-11-21(25)17-22-12-5-7-15-26(22)29;1-2;;;/h2*4-8,11-20H,1-3,9-10H2;1-2H2;2*1H;/q;;;;;+2/p-2. The van der Waals surface area contributed by atoms with E-state index in [-0.39, 0.29) is 24.8 Å². The molecular formula is C60H54Cl2Zr. The Morgan fingerprint density at radius 1 is 0.365 bits per heavy atom. The zero-order chi connectivity index (χ0) is 40.1. The Kier molecular flexibility index (Phi) is 10.9. The van der Waals surface area contributed by atoms with Crippen molar-refractivity contribution in [2.45, 2.75) is 79.7 Å². The number of rotatable bonds is 6. The number of benzene rings is 8. The molecule has 3 heteroatoms. The normalized spacial score (nSPS) is 20.0. The Balaban J connectivity index is 0.00000222. The number of halogens is 2. The van der Waals surface area contributed by atoms with Crippen LogP contribution in [0.15, 0.2) is 157 Å². The molecule has 0 aromatic heterocycles. The van der Waals surface area contributed by atoms with Gasteiger partial charge in [-0.3, -0.25) is 0 Å². The molecule has 3 fully saturated rings. The minimum Gasteiger partial charge on any atom is -1.00 e. The second-order valence-electron chi connectivity index (χ2n) is 19.6. The van der Waals surface area contributed by atoms with Crippen LogP contribution < -0.4 is 24.8 Å². The zero-order valence-corrected chi connectivity index (χ0v) is 40.0. The van der Waals surface area contributed by atoms with Crippen molar-refractivity contribution in [2.24, 2.45) is 11.8 Å². The quantitative estimate of drug-likeness (QED) is 0.146. The topological polar surface area (TPSA) is 0 Å². The summed E-state index contributed by atoms with van der Waals surface area (Å²) in [5.41, 5.74) is 16.1. The molecule has 13 rings (SSSR count). The second kappa shape index (κ2) is 16.6. The van der Waals surface area contributed by atoms with E-state index in [1.165, 1.54) is 138 Å². The van der Waals surface area contributed by atoms with E-state index in [0.29, 0.717) is 19.1 Å². The molecular weight excluding hydrogens is 883 g/mol. The predicted molar refractivity (Wildman–Crippen MR) is 258 cm³/mol. The van der Waals surface area contributed by atoms with Crippen molar-refractivity contribution in [3.05, 3.63) is 179 Å². The Morgan fingerprint density at radius 3 is 1.06 bits per heavy atom. The van der Waals surface area contributed by atoms with E-state index in [2.05, 4.69) is 158 Å². The molecule has 4 aliphatic carbocycles. The summed E-state index contributed by atoms with van der Waals surface area (Å²) in [5.74, 6) is 1.43. The van der Waals surface area contributed by atoms with Gasteiger partial charge in [-0.15, -0.1) is 0 Å². The minimum absolute atomic E-state index is 0. The maximum absolute atomic E-state index is 3.09. The largest absolute Gasteiger partial charge is 1.00 e. The summed E-state index contributed by atoms with van der Waals surface area (Å²) in [6, 6.07) is 56.6. The van der Waals surface area contributed by atoms with Crippen molar-refractivity contribution in [2.75, 3.05) is 0 Å². The molecule has 1 aliphatic heterocycles. The van der Waals surface area contributed by atoms with Crippen LogP contribution in [0.1, 0.15) is 93.7 Å². The first kappa shape index (κ1) is 41.4. The molecule has 1 saturated heterocycles. The molecule has 312 valence electrons. The van der Waals surface area contributed by atoms with Crippen LogP contribution in [-0.2, 0) is 20.3 Å². The van der Waals surface area contributed by atoms with Gasteiger partial charge < -0.3 is 24.8 Å². The van der Waals surface area contributed by atoms with Gasteiger partial charge in [-0.2, -0.15) is 0 Å². The smallest absolute Gasteiger partial charge is 1.00 e. The third-order valence-corrected chi connectivity index (χ3v) is 29.3. The van der Waals surface area contributed by atoms with Crippen LogP contribution in [-0.4, -0.2) is 0 Å². The Morgan fingerprint density at radius 2 is 0.714 bits per heavy atom. The summed E-state index contributed by atoms with van der Waals surface area (Å²) < 4.78 is 4.33. The summed E-state index contributed by atoms with van der Waals surface area (Å²) in [6.07, 6.45) is 19.5. The van der Waals surface area contributed by atoms with E-state index < -0.39 is 20.3 Å². The molecule has 63 heavy (non-hydrogen) atoms. The van der Waals surface area contributed by atoms with Gasteiger partial charge in [0, 0.05) is 0 Å². The molecule has 0 spiro atoms. The molecule has 2 unspecified atom stereocenters. The van der Waals surface area contributed by atoms with Gasteiger partial charge in [-0.05, 0) is 0 Å². The van der Waals surface area contributed by atoms with Gasteiger partial charge in [-0.25, -0.2) is 0 Å². The van der Waals surface area contributed by atoms with Gasteiger partial charge in [0.05, 0.1) is 0 Å². The van der Waals surface area contributed by atoms with Gasteiger partial charge in [0.2, 0.25) is 0 Å². The molecule has 0 bridgehead atoms. The molecule has 0 radical (unpaired) electrons. The first-order chi connectivity index (χ1) is 30.2. The number of fused-ring (bicyclic) bond motifs is 6. The van der Waals surface area contributed by atoms with Gasteiger partial charge in [0.1, 0.15) is 0 Å². The van der Waals surface area contributed by atoms with Crippen LogP contribution in [0.4, 0.5) is 0 Å². The van der Waals surface area contributed by atoms with Crippen LogP contribution in [0, 0.1) is 11.8 Å². The van der Waals surface area contributed by atoms with Crippen molar-refractivity contribution in [3.8, 4) is 22.3 Å². The SMILES string of the molecule is C1=C(C2CCCCC2)[CH]([Zr+2]2([CH]3C(C4CCCCC4)=Cc4c(-c5c6ccccc6cc6ccccc56)cccc43)[CH2][CH2]2)c2cccc(-c3c4ccccc4cc4ccccc34)c21.[Cl-].[Cl-]. The maximum atomic E-state index is 2.83.